The lowest BCUT2D eigenvalue weighted by Gasteiger charge is -2.10. The van der Waals surface area contributed by atoms with E-state index in [9.17, 15) is 4.39 Å². The highest BCUT2D eigenvalue weighted by Crippen LogP contribution is 2.29. The van der Waals surface area contributed by atoms with Gasteiger partial charge >= 0.3 is 0 Å². The first-order valence-electron chi connectivity index (χ1n) is 6.92. The van der Waals surface area contributed by atoms with Gasteiger partial charge in [0.05, 0.1) is 16.4 Å². The second-order valence-electron chi connectivity index (χ2n) is 5.04. The molecule has 0 aliphatic rings. The number of halogens is 2. The lowest BCUT2D eigenvalue weighted by molar-refractivity contribution is 0.638. The molecular weight excluding hydrogens is 359 g/mol. The van der Waals surface area contributed by atoms with Gasteiger partial charge in [-0.25, -0.2) is 14.4 Å². The summed E-state index contributed by atoms with van der Waals surface area (Å²) in [6, 6.07) is 12.8. The van der Waals surface area contributed by atoms with E-state index in [1.807, 2.05) is 30.3 Å². The van der Waals surface area contributed by atoms with Crippen LogP contribution < -0.4 is 5.32 Å². The molecule has 6 heteroatoms. The number of nitrogens with zero attached hydrogens (tertiary/aromatic N) is 3. The lowest BCUT2D eigenvalue weighted by Crippen LogP contribution is -1.98. The number of benzene rings is 2. The molecule has 4 nitrogen and oxygen atoms in total. The standard InChI is InChI=1S/C17H10BrFN4/c18-11-7-13(19)16-15(8-11)21-9-22-17(16)23-12-3-4-14-10(6-12)2-1-5-20-14/h1-9H,(H,21,22,23). The van der Waals surface area contributed by atoms with Crippen LogP contribution in [0.5, 0.6) is 0 Å². The summed E-state index contributed by atoms with van der Waals surface area (Å²) in [5.74, 6) is 0.0585. The van der Waals surface area contributed by atoms with Gasteiger partial charge < -0.3 is 5.32 Å². The number of aromatic nitrogens is 3. The maximum absolute atomic E-state index is 14.3. The summed E-state index contributed by atoms with van der Waals surface area (Å²) in [6.07, 6.45) is 3.17. The molecule has 112 valence electrons. The maximum atomic E-state index is 14.3. The average molecular weight is 369 g/mol. The van der Waals surface area contributed by atoms with Crippen LogP contribution in [-0.2, 0) is 0 Å². The first-order chi connectivity index (χ1) is 11.2. The molecule has 0 radical (unpaired) electrons. The predicted molar refractivity (Wildman–Crippen MR) is 92.2 cm³/mol. The number of pyridine rings is 1. The molecule has 0 aliphatic carbocycles. The highest BCUT2D eigenvalue weighted by atomic mass is 79.9. The van der Waals surface area contributed by atoms with E-state index in [1.54, 1.807) is 12.3 Å². The van der Waals surface area contributed by atoms with Crippen LogP contribution in [-0.4, -0.2) is 15.0 Å². The summed E-state index contributed by atoms with van der Waals surface area (Å²) in [5.41, 5.74) is 2.25. The van der Waals surface area contributed by atoms with Crippen LogP contribution in [0.1, 0.15) is 0 Å². The van der Waals surface area contributed by atoms with Gasteiger partial charge in [-0.15, -0.1) is 0 Å². The van der Waals surface area contributed by atoms with Crippen molar-refractivity contribution >= 4 is 49.2 Å². The predicted octanol–water partition coefficient (Wildman–Crippen LogP) is 4.82. The number of anilines is 2. The fourth-order valence-electron chi connectivity index (χ4n) is 2.49. The van der Waals surface area contributed by atoms with Gasteiger partial charge in [-0.2, -0.15) is 0 Å². The molecular formula is C17H10BrFN4. The van der Waals surface area contributed by atoms with E-state index in [4.69, 9.17) is 0 Å². The van der Waals surface area contributed by atoms with Crippen LogP contribution in [0.15, 0.2) is 59.5 Å². The van der Waals surface area contributed by atoms with Gasteiger partial charge in [0.25, 0.3) is 0 Å². The Kier molecular flexibility index (Phi) is 3.38. The van der Waals surface area contributed by atoms with Crippen molar-refractivity contribution in [3.8, 4) is 0 Å². The Balaban J connectivity index is 1.82. The first kappa shape index (κ1) is 14.0. The Morgan fingerprint density at radius 3 is 2.78 bits per heavy atom. The second-order valence-corrected chi connectivity index (χ2v) is 5.96. The number of hydrogen-bond acceptors (Lipinski definition) is 4. The summed E-state index contributed by atoms with van der Waals surface area (Å²) in [5, 5.41) is 4.53. The number of hydrogen-bond donors (Lipinski definition) is 1. The molecule has 0 fully saturated rings. The molecule has 2 aromatic carbocycles. The van der Waals surface area contributed by atoms with Gasteiger partial charge in [0, 0.05) is 21.7 Å². The molecule has 2 aromatic heterocycles. The smallest absolute Gasteiger partial charge is 0.144 e. The van der Waals surface area contributed by atoms with Crippen LogP contribution in [0, 0.1) is 5.82 Å². The minimum absolute atomic E-state index is 0.363. The number of rotatable bonds is 2. The van der Waals surface area contributed by atoms with E-state index < -0.39 is 0 Å². The fourth-order valence-corrected chi connectivity index (χ4v) is 2.91. The van der Waals surface area contributed by atoms with E-state index in [0.29, 0.717) is 21.2 Å². The minimum Gasteiger partial charge on any atom is -0.340 e. The fraction of sp³-hybridized carbons (Fsp3) is 0. The van der Waals surface area contributed by atoms with E-state index in [1.165, 1.54) is 12.4 Å². The minimum atomic E-state index is -0.375. The normalized spacial score (nSPS) is 11.0. The Labute approximate surface area is 139 Å². The van der Waals surface area contributed by atoms with Gasteiger partial charge in [0.2, 0.25) is 0 Å². The van der Waals surface area contributed by atoms with Crippen molar-refractivity contribution in [1.29, 1.82) is 0 Å². The van der Waals surface area contributed by atoms with Gasteiger partial charge in [-0.3, -0.25) is 4.98 Å². The Bertz CT molecular complexity index is 1040. The van der Waals surface area contributed by atoms with Crippen molar-refractivity contribution in [1.82, 2.24) is 15.0 Å². The van der Waals surface area contributed by atoms with E-state index in [-0.39, 0.29) is 5.82 Å². The summed E-state index contributed by atoms with van der Waals surface area (Å²) in [7, 11) is 0. The summed E-state index contributed by atoms with van der Waals surface area (Å²) < 4.78 is 14.9. The molecule has 0 bridgehead atoms. The van der Waals surface area contributed by atoms with Crippen molar-refractivity contribution in [2.45, 2.75) is 0 Å². The molecule has 0 saturated carbocycles. The summed E-state index contributed by atoms with van der Waals surface area (Å²) in [4.78, 5) is 12.6. The van der Waals surface area contributed by atoms with Crippen molar-refractivity contribution in [2.75, 3.05) is 5.32 Å². The molecule has 0 unspecified atom stereocenters. The third kappa shape index (κ3) is 2.61. The highest BCUT2D eigenvalue weighted by Gasteiger charge is 2.11. The molecule has 4 aromatic rings. The van der Waals surface area contributed by atoms with Gasteiger partial charge in [-0.05, 0) is 36.4 Å². The molecule has 4 rings (SSSR count). The topological polar surface area (TPSA) is 50.7 Å². The van der Waals surface area contributed by atoms with Crippen LogP contribution in [0.4, 0.5) is 15.9 Å². The Morgan fingerprint density at radius 1 is 0.957 bits per heavy atom. The third-order valence-electron chi connectivity index (χ3n) is 3.52. The molecule has 0 spiro atoms. The molecule has 0 aliphatic heterocycles. The van der Waals surface area contributed by atoms with E-state index in [2.05, 4.69) is 36.2 Å². The van der Waals surface area contributed by atoms with Gasteiger partial charge in [-0.1, -0.05) is 22.0 Å². The zero-order chi connectivity index (χ0) is 15.8. The lowest BCUT2D eigenvalue weighted by atomic mass is 10.2. The van der Waals surface area contributed by atoms with Crippen LogP contribution in [0.3, 0.4) is 0 Å². The van der Waals surface area contributed by atoms with Crippen molar-refractivity contribution in [3.63, 3.8) is 0 Å². The third-order valence-corrected chi connectivity index (χ3v) is 3.98. The summed E-state index contributed by atoms with van der Waals surface area (Å²) >= 11 is 3.27. The van der Waals surface area contributed by atoms with Crippen molar-refractivity contribution < 1.29 is 4.39 Å². The zero-order valence-corrected chi connectivity index (χ0v) is 13.4. The molecule has 23 heavy (non-hydrogen) atoms. The van der Waals surface area contributed by atoms with Gasteiger partial charge in [0.1, 0.15) is 18.0 Å². The monoisotopic (exact) mass is 368 g/mol. The first-order valence-corrected chi connectivity index (χ1v) is 7.71. The SMILES string of the molecule is Fc1cc(Br)cc2ncnc(Nc3ccc4ncccc4c3)c12. The summed E-state index contributed by atoms with van der Waals surface area (Å²) in [6.45, 7) is 0. The van der Waals surface area contributed by atoms with E-state index >= 15 is 0 Å². The van der Waals surface area contributed by atoms with Gasteiger partial charge in [0.15, 0.2) is 0 Å². The molecule has 1 N–H and O–H groups in total. The molecule has 0 saturated heterocycles. The maximum Gasteiger partial charge on any atom is 0.144 e. The quantitative estimate of drug-likeness (QED) is 0.550. The van der Waals surface area contributed by atoms with Crippen LogP contribution in [0.2, 0.25) is 0 Å². The van der Waals surface area contributed by atoms with Crippen LogP contribution in [0.25, 0.3) is 21.8 Å². The highest BCUT2D eigenvalue weighted by molar-refractivity contribution is 9.10. The second kappa shape index (κ2) is 5.55. The largest absolute Gasteiger partial charge is 0.340 e. The Hall–Kier alpha value is -2.60. The van der Waals surface area contributed by atoms with Crippen LogP contribution >= 0.6 is 15.9 Å². The molecule has 0 atom stereocenters. The molecule has 2 heterocycles. The van der Waals surface area contributed by atoms with E-state index in [0.717, 1.165) is 16.6 Å². The van der Waals surface area contributed by atoms with Crippen molar-refractivity contribution in [3.05, 3.63) is 65.3 Å². The average Bonchev–Trinajstić information content (AvgIpc) is 2.54. The number of fused-ring (bicyclic) bond motifs is 2. The number of nitrogens with one attached hydrogen (secondary N) is 1. The Morgan fingerprint density at radius 2 is 1.87 bits per heavy atom. The van der Waals surface area contributed by atoms with Crippen molar-refractivity contribution in [2.24, 2.45) is 0 Å². The zero-order valence-electron chi connectivity index (χ0n) is 11.8. The molecule has 0 amide bonds.